The maximum absolute atomic E-state index is 5.25. The van der Waals surface area contributed by atoms with Crippen LogP contribution in [0.3, 0.4) is 0 Å². The van der Waals surface area contributed by atoms with E-state index in [-0.39, 0.29) is 5.37 Å². The van der Waals surface area contributed by atoms with Gasteiger partial charge in [-0.25, -0.2) is 9.97 Å². The summed E-state index contributed by atoms with van der Waals surface area (Å²) < 4.78 is 0. The van der Waals surface area contributed by atoms with Gasteiger partial charge in [0, 0.05) is 11.5 Å². The minimum absolute atomic E-state index is 0.264. The van der Waals surface area contributed by atoms with E-state index in [1.165, 1.54) is 54.0 Å². The molecule has 0 fully saturated rings. The molecule has 3 heterocycles. The van der Waals surface area contributed by atoms with Crippen molar-refractivity contribution >= 4 is 35.3 Å². The fourth-order valence-corrected chi connectivity index (χ4v) is 7.01. The average Bonchev–Trinajstić information content (AvgIpc) is 3.40. The van der Waals surface area contributed by atoms with Crippen LogP contribution >= 0.6 is 23.5 Å². The molecule has 0 N–H and O–H groups in total. The molecule has 5 heteroatoms. The highest BCUT2D eigenvalue weighted by atomic mass is 32.2. The SMILES string of the molecule is CCCCC1=N[C@@H]2Sc3c(SC/C=C/c4ccccc4)ncnc3[C@@H]2C2=C1CCC2. The van der Waals surface area contributed by atoms with E-state index < -0.39 is 0 Å². The van der Waals surface area contributed by atoms with Crippen molar-refractivity contribution in [1.29, 1.82) is 0 Å². The van der Waals surface area contributed by atoms with Gasteiger partial charge in [-0.15, -0.1) is 11.8 Å². The van der Waals surface area contributed by atoms with Gasteiger partial charge < -0.3 is 0 Å². The predicted molar refractivity (Wildman–Crippen MR) is 128 cm³/mol. The summed E-state index contributed by atoms with van der Waals surface area (Å²) in [6, 6.07) is 10.5. The maximum Gasteiger partial charge on any atom is 0.117 e. The molecular weight excluding hydrogens is 406 g/mol. The molecule has 154 valence electrons. The van der Waals surface area contributed by atoms with Crippen LogP contribution in [-0.2, 0) is 0 Å². The number of fused-ring (bicyclic) bond motifs is 4. The van der Waals surface area contributed by atoms with E-state index in [1.807, 2.05) is 29.6 Å². The first-order valence-corrected chi connectivity index (χ1v) is 12.9. The zero-order chi connectivity index (χ0) is 20.3. The number of allylic oxidation sites excluding steroid dienone is 1. The highest BCUT2D eigenvalue weighted by Gasteiger charge is 2.43. The smallest absolute Gasteiger partial charge is 0.117 e. The molecule has 0 saturated heterocycles. The Kier molecular flexibility index (Phi) is 6.09. The molecule has 0 bridgehead atoms. The third kappa shape index (κ3) is 3.90. The summed E-state index contributed by atoms with van der Waals surface area (Å²) in [6.45, 7) is 2.27. The standard InChI is InChI=1S/C25H27N3S2/c1-2-3-14-20-18-12-7-13-19(18)21-22-23(30-24(21)28-20)25(27-16-26-22)29-15-8-11-17-9-5-4-6-10-17/h4-6,8-11,16,21,24H,2-3,7,12-15H2,1H3/b11-8+/t21-,24+/m0/s1. The molecule has 1 aromatic carbocycles. The van der Waals surface area contributed by atoms with Crippen molar-refractivity contribution in [2.75, 3.05) is 5.75 Å². The number of nitrogens with zero attached hydrogens (tertiary/aromatic N) is 3. The number of thioether (sulfide) groups is 2. The van der Waals surface area contributed by atoms with Gasteiger partial charge in [0.2, 0.25) is 0 Å². The molecule has 2 aromatic rings. The Labute approximate surface area is 187 Å². The van der Waals surface area contributed by atoms with Gasteiger partial charge in [-0.2, -0.15) is 0 Å². The average molecular weight is 434 g/mol. The molecule has 1 aliphatic carbocycles. The summed E-state index contributed by atoms with van der Waals surface area (Å²) in [5.41, 5.74) is 7.05. The molecule has 2 aliphatic heterocycles. The number of benzene rings is 1. The minimum atomic E-state index is 0.264. The zero-order valence-corrected chi connectivity index (χ0v) is 19.0. The summed E-state index contributed by atoms with van der Waals surface area (Å²) >= 11 is 3.70. The number of aromatic nitrogens is 2. The molecule has 0 radical (unpaired) electrons. The summed E-state index contributed by atoms with van der Waals surface area (Å²) in [5, 5.41) is 1.38. The lowest BCUT2D eigenvalue weighted by Crippen LogP contribution is -2.21. The van der Waals surface area contributed by atoms with Crippen molar-refractivity contribution < 1.29 is 0 Å². The van der Waals surface area contributed by atoms with Crippen molar-refractivity contribution in [3.63, 3.8) is 0 Å². The lowest BCUT2D eigenvalue weighted by atomic mass is 9.87. The van der Waals surface area contributed by atoms with Gasteiger partial charge in [0.25, 0.3) is 0 Å². The van der Waals surface area contributed by atoms with Crippen molar-refractivity contribution in [3.05, 3.63) is 65.1 Å². The van der Waals surface area contributed by atoms with Gasteiger partial charge in [-0.3, -0.25) is 4.99 Å². The van der Waals surface area contributed by atoms with Crippen LogP contribution in [0.1, 0.15) is 62.6 Å². The van der Waals surface area contributed by atoms with Gasteiger partial charge in [0.05, 0.1) is 16.5 Å². The van der Waals surface area contributed by atoms with E-state index in [4.69, 9.17) is 9.98 Å². The Bertz CT molecular complexity index is 1010. The fraction of sp³-hybridized carbons (Fsp3) is 0.400. The van der Waals surface area contributed by atoms with Crippen LogP contribution in [0.25, 0.3) is 6.08 Å². The summed E-state index contributed by atoms with van der Waals surface area (Å²) in [4.78, 5) is 15.9. The number of hydrogen-bond acceptors (Lipinski definition) is 5. The summed E-state index contributed by atoms with van der Waals surface area (Å²) in [6.07, 6.45) is 13.5. The first-order chi connectivity index (χ1) is 14.8. The fourth-order valence-electron chi connectivity index (χ4n) is 4.67. The third-order valence-corrected chi connectivity index (χ3v) is 8.41. The predicted octanol–water partition coefficient (Wildman–Crippen LogP) is 6.92. The molecule has 5 rings (SSSR count). The molecule has 0 amide bonds. The highest BCUT2D eigenvalue weighted by molar-refractivity contribution is 8.02. The van der Waals surface area contributed by atoms with E-state index in [9.17, 15) is 0 Å². The normalized spacial score (nSPS) is 22.2. The van der Waals surface area contributed by atoms with Gasteiger partial charge in [0.1, 0.15) is 16.7 Å². The Morgan fingerprint density at radius 3 is 2.93 bits per heavy atom. The van der Waals surface area contributed by atoms with Gasteiger partial charge in [-0.1, -0.05) is 73.2 Å². The Morgan fingerprint density at radius 2 is 2.07 bits per heavy atom. The third-order valence-electron chi connectivity index (χ3n) is 6.08. The molecule has 1 aromatic heterocycles. The first kappa shape index (κ1) is 20.1. The molecule has 3 aliphatic rings. The minimum Gasteiger partial charge on any atom is -0.274 e. The van der Waals surface area contributed by atoms with E-state index in [1.54, 1.807) is 17.5 Å². The van der Waals surface area contributed by atoms with Gasteiger partial charge in [0.15, 0.2) is 0 Å². The monoisotopic (exact) mass is 433 g/mol. The van der Waals surface area contributed by atoms with Gasteiger partial charge >= 0.3 is 0 Å². The zero-order valence-electron chi connectivity index (χ0n) is 17.4. The second-order valence-electron chi connectivity index (χ2n) is 8.04. The van der Waals surface area contributed by atoms with E-state index in [0.717, 1.165) is 17.2 Å². The van der Waals surface area contributed by atoms with Crippen LogP contribution in [0.15, 0.2) is 68.8 Å². The van der Waals surface area contributed by atoms with Crippen molar-refractivity contribution in [1.82, 2.24) is 9.97 Å². The molecule has 0 unspecified atom stereocenters. The second kappa shape index (κ2) is 9.11. The number of aliphatic imine (C=N–C) groups is 1. The Morgan fingerprint density at radius 1 is 1.17 bits per heavy atom. The molecule has 0 saturated carbocycles. The molecule has 2 atom stereocenters. The first-order valence-electron chi connectivity index (χ1n) is 11.0. The Balaban J connectivity index is 1.36. The number of hydrogen-bond donors (Lipinski definition) is 0. The van der Waals surface area contributed by atoms with Crippen LogP contribution in [0.2, 0.25) is 0 Å². The maximum atomic E-state index is 5.25. The lowest BCUT2D eigenvalue weighted by Gasteiger charge is -2.26. The van der Waals surface area contributed by atoms with Crippen LogP contribution in [0.5, 0.6) is 0 Å². The molecule has 30 heavy (non-hydrogen) atoms. The largest absolute Gasteiger partial charge is 0.274 e. The lowest BCUT2D eigenvalue weighted by molar-refractivity contribution is 0.687. The van der Waals surface area contributed by atoms with Crippen molar-refractivity contribution in [3.8, 4) is 0 Å². The Hall–Kier alpha value is -1.85. The quantitative estimate of drug-likeness (QED) is 0.351. The van der Waals surface area contributed by atoms with Crippen LogP contribution < -0.4 is 0 Å². The molecule has 3 nitrogen and oxygen atoms in total. The van der Waals surface area contributed by atoms with Crippen molar-refractivity contribution in [2.45, 2.75) is 66.7 Å². The number of unbranched alkanes of at least 4 members (excludes halogenated alkanes) is 1. The van der Waals surface area contributed by atoms with Crippen LogP contribution in [0, 0.1) is 0 Å². The highest BCUT2D eigenvalue weighted by Crippen LogP contribution is 2.56. The summed E-state index contributed by atoms with van der Waals surface area (Å²) in [5.74, 6) is 1.28. The number of rotatable bonds is 7. The molecule has 0 spiro atoms. The number of dihydropyridines is 1. The van der Waals surface area contributed by atoms with Crippen LogP contribution in [0.4, 0.5) is 0 Å². The molecular formula is C25H27N3S2. The van der Waals surface area contributed by atoms with E-state index in [2.05, 4.69) is 48.3 Å². The van der Waals surface area contributed by atoms with E-state index in [0.29, 0.717) is 5.92 Å². The van der Waals surface area contributed by atoms with E-state index >= 15 is 0 Å². The van der Waals surface area contributed by atoms with Crippen LogP contribution in [-0.4, -0.2) is 26.8 Å². The topological polar surface area (TPSA) is 38.1 Å². The summed E-state index contributed by atoms with van der Waals surface area (Å²) in [7, 11) is 0. The second-order valence-corrected chi connectivity index (χ2v) is 10.2. The van der Waals surface area contributed by atoms with Crippen molar-refractivity contribution in [2.24, 2.45) is 4.99 Å². The van der Waals surface area contributed by atoms with Gasteiger partial charge in [-0.05, 0) is 43.2 Å².